The topological polar surface area (TPSA) is 26.0 Å². The van der Waals surface area contributed by atoms with Crippen molar-refractivity contribution >= 4 is 11.8 Å². The molecule has 1 atom stereocenters. The molecule has 1 rings (SSSR count). The zero-order valence-electron chi connectivity index (χ0n) is 8.29. The van der Waals surface area contributed by atoms with Gasteiger partial charge in [0, 0.05) is 10.9 Å². The Morgan fingerprint density at radius 3 is 2.69 bits per heavy atom. The number of thioether (sulfide) groups is 1. The van der Waals surface area contributed by atoms with E-state index in [0.29, 0.717) is 0 Å². The molecule has 1 aromatic carbocycles. The number of benzene rings is 1. The van der Waals surface area contributed by atoms with Crippen molar-refractivity contribution in [1.29, 1.82) is 0 Å². The zero-order chi connectivity index (χ0) is 9.68. The van der Waals surface area contributed by atoms with E-state index in [-0.39, 0.29) is 6.04 Å². The predicted octanol–water partition coefficient (Wildman–Crippen LogP) is 3.21. The molecule has 0 saturated heterocycles. The van der Waals surface area contributed by atoms with Gasteiger partial charge in [0.05, 0.1) is 0 Å². The summed E-state index contributed by atoms with van der Waals surface area (Å²) in [5.41, 5.74) is 7.14. The highest BCUT2D eigenvalue weighted by Crippen LogP contribution is 2.26. The molecule has 0 spiro atoms. The van der Waals surface area contributed by atoms with Crippen molar-refractivity contribution in [2.24, 2.45) is 5.73 Å². The molecule has 0 aliphatic carbocycles. The lowest BCUT2D eigenvalue weighted by molar-refractivity contribution is 0.797. The first kappa shape index (κ1) is 10.6. The van der Waals surface area contributed by atoms with Crippen molar-refractivity contribution in [3.8, 4) is 0 Å². The van der Waals surface area contributed by atoms with Gasteiger partial charge in [-0.2, -0.15) is 0 Å². The summed E-state index contributed by atoms with van der Waals surface area (Å²) in [6.07, 6.45) is 1.21. The van der Waals surface area contributed by atoms with Crippen LogP contribution in [-0.2, 0) is 0 Å². The molecule has 0 amide bonds. The molecule has 13 heavy (non-hydrogen) atoms. The maximum atomic E-state index is 5.87. The lowest BCUT2D eigenvalue weighted by Gasteiger charge is -2.11. The molecule has 0 aliphatic rings. The molecule has 0 saturated carbocycles. The second-order valence-corrected chi connectivity index (χ2v) is 4.31. The van der Waals surface area contributed by atoms with E-state index in [1.54, 1.807) is 0 Å². The zero-order valence-corrected chi connectivity index (χ0v) is 9.10. The van der Waals surface area contributed by atoms with Gasteiger partial charge in [0.25, 0.3) is 0 Å². The molecule has 0 aliphatic heterocycles. The molecule has 1 nitrogen and oxygen atoms in total. The van der Waals surface area contributed by atoms with Crippen LogP contribution in [0.15, 0.2) is 29.2 Å². The summed E-state index contributed by atoms with van der Waals surface area (Å²) in [4.78, 5) is 1.33. The minimum absolute atomic E-state index is 0.139. The predicted molar refractivity (Wildman–Crippen MR) is 60.1 cm³/mol. The SMILES string of the molecule is CCCSc1ccccc1[C@H](C)N. The van der Waals surface area contributed by atoms with E-state index in [9.17, 15) is 0 Å². The lowest BCUT2D eigenvalue weighted by Crippen LogP contribution is -2.06. The van der Waals surface area contributed by atoms with Crippen LogP contribution in [0.1, 0.15) is 31.9 Å². The van der Waals surface area contributed by atoms with Crippen LogP contribution in [0.5, 0.6) is 0 Å². The molecule has 0 fully saturated rings. The van der Waals surface area contributed by atoms with Crippen LogP contribution < -0.4 is 5.73 Å². The van der Waals surface area contributed by atoms with Crippen molar-refractivity contribution in [2.45, 2.75) is 31.2 Å². The Bertz CT molecular complexity index is 258. The molecule has 2 N–H and O–H groups in total. The van der Waals surface area contributed by atoms with E-state index < -0.39 is 0 Å². The van der Waals surface area contributed by atoms with Crippen molar-refractivity contribution in [1.82, 2.24) is 0 Å². The van der Waals surface area contributed by atoms with Crippen molar-refractivity contribution < 1.29 is 0 Å². The largest absolute Gasteiger partial charge is 0.324 e. The van der Waals surface area contributed by atoms with E-state index in [1.807, 2.05) is 18.7 Å². The summed E-state index contributed by atoms with van der Waals surface area (Å²) in [5, 5.41) is 0. The fraction of sp³-hybridized carbons (Fsp3) is 0.455. The fourth-order valence-corrected chi connectivity index (χ4v) is 2.22. The number of nitrogens with two attached hydrogens (primary N) is 1. The summed E-state index contributed by atoms with van der Waals surface area (Å²) in [6, 6.07) is 8.53. The average molecular weight is 195 g/mol. The maximum Gasteiger partial charge on any atom is 0.0277 e. The first-order chi connectivity index (χ1) is 6.25. The number of rotatable bonds is 4. The molecule has 1 aromatic rings. The Balaban J connectivity index is 2.78. The van der Waals surface area contributed by atoms with E-state index in [2.05, 4.69) is 31.2 Å². The van der Waals surface area contributed by atoms with Crippen LogP contribution in [0.3, 0.4) is 0 Å². The third-order valence-corrected chi connectivity index (χ3v) is 3.17. The van der Waals surface area contributed by atoms with Gasteiger partial charge in [0.1, 0.15) is 0 Å². The summed E-state index contributed by atoms with van der Waals surface area (Å²) in [6.45, 7) is 4.23. The monoisotopic (exact) mass is 195 g/mol. The van der Waals surface area contributed by atoms with Gasteiger partial charge >= 0.3 is 0 Å². The second-order valence-electron chi connectivity index (χ2n) is 3.17. The van der Waals surface area contributed by atoms with Crippen molar-refractivity contribution in [2.75, 3.05) is 5.75 Å². The molecule has 2 heteroatoms. The van der Waals surface area contributed by atoms with E-state index in [1.165, 1.54) is 22.6 Å². The standard InChI is InChI=1S/C11H17NS/c1-3-8-13-11-7-5-4-6-10(11)9(2)12/h4-7,9H,3,8,12H2,1-2H3/t9-/m0/s1. The average Bonchev–Trinajstić information content (AvgIpc) is 2.15. The van der Waals surface area contributed by atoms with Crippen LogP contribution in [0, 0.1) is 0 Å². The van der Waals surface area contributed by atoms with Gasteiger partial charge in [-0.25, -0.2) is 0 Å². The number of hydrogen-bond acceptors (Lipinski definition) is 2. The van der Waals surface area contributed by atoms with Crippen LogP contribution in [0.25, 0.3) is 0 Å². The van der Waals surface area contributed by atoms with E-state index in [4.69, 9.17) is 5.73 Å². The van der Waals surface area contributed by atoms with Gasteiger partial charge < -0.3 is 5.73 Å². The second kappa shape index (κ2) is 5.30. The minimum atomic E-state index is 0.139. The molecule has 0 radical (unpaired) electrons. The van der Waals surface area contributed by atoms with Crippen LogP contribution in [0.4, 0.5) is 0 Å². The Morgan fingerprint density at radius 2 is 2.08 bits per heavy atom. The smallest absolute Gasteiger partial charge is 0.0277 e. The van der Waals surface area contributed by atoms with Gasteiger partial charge in [0.15, 0.2) is 0 Å². The van der Waals surface area contributed by atoms with Crippen LogP contribution in [0.2, 0.25) is 0 Å². The van der Waals surface area contributed by atoms with E-state index >= 15 is 0 Å². The van der Waals surface area contributed by atoms with Crippen LogP contribution >= 0.6 is 11.8 Å². The van der Waals surface area contributed by atoms with Gasteiger partial charge in [-0.1, -0.05) is 25.1 Å². The summed E-state index contributed by atoms with van der Waals surface area (Å²) >= 11 is 1.90. The maximum absolute atomic E-state index is 5.87. The van der Waals surface area contributed by atoms with Gasteiger partial charge in [-0.3, -0.25) is 0 Å². The van der Waals surface area contributed by atoms with Gasteiger partial charge in [-0.05, 0) is 30.7 Å². The first-order valence-electron chi connectivity index (χ1n) is 4.73. The highest BCUT2D eigenvalue weighted by Gasteiger charge is 2.04. The summed E-state index contributed by atoms with van der Waals surface area (Å²) in [5.74, 6) is 1.17. The molecule has 0 bridgehead atoms. The van der Waals surface area contributed by atoms with Crippen LogP contribution in [-0.4, -0.2) is 5.75 Å². The van der Waals surface area contributed by atoms with Gasteiger partial charge in [-0.15, -0.1) is 11.8 Å². The van der Waals surface area contributed by atoms with Crippen molar-refractivity contribution in [3.05, 3.63) is 29.8 Å². The third kappa shape index (κ3) is 3.05. The Kier molecular flexibility index (Phi) is 4.33. The Labute approximate surface area is 84.7 Å². The Hall–Kier alpha value is -0.470. The third-order valence-electron chi connectivity index (χ3n) is 1.87. The molecule has 0 unspecified atom stereocenters. The molecule has 72 valence electrons. The summed E-state index contributed by atoms with van der Waals surface area (Å²) in [7, 11) is 0. The van der Waals surface area contributed by atoms with Crippen molar-refractivity contribution in [3.63, 3.8) is 0 Å². The van der Waals surface area contributed by atoms with E-state index in [0.717, 1.165) is 0 Å². The summed E-state index contributed by atoms with van der Waals surface area (Å²) < 4.78 is 0. The molecular weight excluding hydrogens is 178 g/mol. The molecule has 0 aromatic heterocycles. The molecule has 0 heterocycles. The Morgan fingerprint density at radius 1 is 1.38 bits per heavy atom. The minimum Gasteiger partial charge on any atom is -0.324 e. The fourth-order valence-electron chi connectivity index (χ4n) is 1.20. The highest BCUT2D eigenvalue weighted by atomic mass is 32.2. The van der Waals surface area contributed by atoms with Gasteiger partial charge in [0.2, 0.25) is 0 Å². The molecular formula is C11H17NS. The normalized spacial score (nSPS) is 12.8. The lowest BCUT2D eigenvalue weighted by atomic mass is 10.1. The number of hydrogen-bond donors (Lipinski definition) is 1. The highest BCUT2D eigenvalue weighted by molar-refractivity contribution is 7.99. The first-order valence-corrected chi connectivity index (χ1v) is 5.71. The quantitative estimate of drug-likeness (QED) is 0.747.